The van der Waals surface area contributed by atoms with Gasteiger partial charge in [0.2, 0.25) is 5.75 Å². The molecule has 3 aromatic rings. The molecule has 0 radical (unpaired) electrons. The van der Waals surface area contributed by atoms with Crippen molar-refractivity contribution in [1.29, 1.82) is 0 Å². The van der Waals surface area contributed by atoms with Crippen LogP contribution in [0.1, 0.15) is 43.7 Å². The number of ether oxygens (including phenoxy) is 1. The van der Waals surface area contributed by atoms with Crippen LogP contribution >= 0.6 is 11.3 Å². The average Bonchev–Trinajstić information content (AvgIpc) is 3.43. The summed E-state index contributed by atoms with van der Waals surface area (Å²) < 4.78 is 35.8. The molecule has 0 saturated carbocycles. The summed E-state index contributed by atoms with van der Waals surface area (Å²) in [6.07, 6.45) is 4.09. The summed E-state index contributed by atoms with van der Waals surface area (Å²) in [6.45, 7) is 11.6. The summed E-state index contributed by atoms with van der Waals surface area (Å²) in [6, 6.07) is 3.02. The third-order valence-electron chi connectivity index (χ3n) is 6.35. The Labute approximate surface area is 213 Å². The summed E-state index contributed by atoms with van der Waals surface area (Å²) in [5, 5.41) is 3.90. The van der Waals surface area contributed by atoms with Crippen LogP contribution in [0.25, 0.3) is 6.08 Å². The maximum atomic E-state index is 15.2. The molecule has 2 aromatic heterocycles. The Kier molecular flexibility index (Phi) is 6.42. The fraction of sp³-hybridized carbons (Fsp3) is 0.423. The Balaban J connectivity index is 1.49. The molecule has 0 spiro atoms. The molecule has 1 N–H and O–H groups in total. The van der Waals surface area contributed by atoms with Crippen LogP contribution in [0.2, 0.25) is 0 Å². The Bertz CT molecular complexity index is 1320. The summed E-state index contributed by atoms with van der Waals surface area (Å²) in [4.78, 5) is 18.9. The molecular weight excluding hydrogens is 482 g/mol. The van der Waals surface area contributed by atoms with Gasteiger partial charge >= 0.3 is 6.01 Å². The quantitative estimate of drug-likeness (QED) is 0.467. The number of benzene rings is 1. The lowest BCUT2D eigenvalue weighted by molar-refractivity contribution is 0.311. The van der Waals surface area contributed by atoms with E-state index in [1.165, 1.54) is 17.4 Å². The first kappa shape index (κ1) is 24.6. The Hall–Kier alpha value is -3.11. The highest BCUT2D eigenvalue weighted by Gasteiger charge is 2.25. The van der Waals surface area contributed by atoms with Crippen LogP contribution in [0.3, 0.4) is 0 Å². The molecule has 0 atom stereocenters. The number of halogens is 2. The van der Waals surface area contributed by atoms with Gasteiger partial charge in [0.15, 0.2) is 16.8 Å². The number of piperazine rings is 1. The average molecular weight is 513 g/mol. The van der Waals surface area contributed by atoms with E-state index in [0.717, 1.165) is 36.6 Å². The second kappa shape index (κ2) is 9.40. The second-order valence-electron chi connectivity index (χ2n) is 10.4. The van der Waals surface area contributed by atoms with Gasteiger partial charge in [-0.3, -0.25) is 0 Å². The van der Waals surface area contributed by atoms with Gasteiger partial charge in [-0.15, -0.1) is 11.3 Å². The molecule has 36 heavy (non-hydrogen) atoms. The van der Waals surface area contributed by atoms with Crippen molar-refractivity contribution in [2.75, 3.05) is 43.4 Å². The van der Waals surface area contributed by atoms with E-state index in [9.17, 15) is 4.39 Å². The van der Waals surface area contributed by atoms with Gasteiger partial charge in [0.05, 0.1) is 0 Å². The number of fused-ring (bicyclic) bond motifs is 1. The molecule has 2 aliphatic rings. The third-order valence-corrected chi connectivity index (χ3v) is 7.69. The van der Waals surface area contributed by atoms with Gasteiger partial charge in [-0.1, -0.05) is 32.4 Å². The van der Waals surface area contributed by atoms with E-state index in [4.69, 9.17) is 4.74 Å². The number of allylic oxidation sites excluding steroid dienone is 1. The minimum Gasteiger partial charge on any atom is -0.418 e. The molecule has 1 aromatic carbocycles. The summed E-state index contributed by atoms with van der Waals surface area (Å²) in [7, 11) is 2.07. The highest BCUT2D eigenvalue weighted by molar-refractivity contribution is 7.15. The van der Waals surface area contributed by atoms with Gasteiger partial charge in [-0.05, 0) is 37.4 Å². The smallest absolute Gasteiger partial charge is 0.326 e. The summed E-state index contributed by atoms with van der Waals surface area (Å²) in [5.41, 5.74) is 1.91. The molecule has 3 heterocycles. The molecule has 1 aliphatic carbocycles. The van der Waals surface area contributed by atoms with Gasteiger partial charge in [0.1, 0.15) is 11.6 Å². The summed E-state index contributed by atoms with van der Waals surface area (Å²) in [5.74, 6) is -0.931. The van der Waals surface area contributed by atoms with Crippen molar-refractivity contribution in [2.24, 2.45) is 0 Å². The third kappa shape index (κ3) is 5.05. The molecule has 7 nitrogen and oxygen atoms in total. The molecule has 1 saturated heterocycles. The minimum atomic E-state index is -0.771. The van der Waals surface area contributed by atoms with E-state index in [1.54, 1.807) is 6.08 Å². The first-order valence-corrected chi connectivity index (χ1v) is 12.8. The van der Waals surface area contributed by atoms with Gasteiger partial charge in [-0.2, -0.15) is 9.97 Å². The van der Waals surface area contributed by atoms with Crippen LogP contribution in [-0.2, 0) is 11.8 Å². The highest BCUT2D eigenvalue weighted by atomic mass is 32.1. The second-order valence-corrected chi connectivity index (χ2v) is 11.5. The maximum absolute atomic E-state index is 15.2. The number of anilines is 3. The van der Waals surface area contributed by atoms with Gasteiger partial charge in [0, 0.05) is 48.9 Å². The normalized spacial score (nSPS) is 16.2. The van der Waals surface area contributed by atoms with Crippen molar-refractivity contribution in [3.05, 3.63) is 51.5 Å². The lowest BCUT2D eigenvalue weighted by Crippen LogP contribution is -2.44. The molecule has 0 bridgehead atoms. The zero-order valence-electron chi connectivity index (χ0n) is 21.2. The van der Waals surface area contributed by atoms with Crippen LogP contribution < -0.4 is 15.0 Å². The Morgan fingerprint density at radius 3 is 2.53 bits per heavy atom. The SMILES string of the molecule is CC1=Cc2c(cc(F)c(Oc3nc(Nc4ncc(C(C)(C)C)s4)cc(N4CCN(C)CC4)n3)c2F)C1. The first-order chi connectivity index (χ1) is 17.1. The first-order valence-electron chi connectivity index (χ1n) is 12.0. The molecule has 0 unspecified atom stereocenters. The summed E-state index contributed by atoms with van der Waals surface area (Å²) >= 11 is 1.53. The van der Waals surface area contributed by atoms with Crippen molar-refractivity contribution in [3.8, 4) is 11.8 Å². The predicted octanol–water partition coefficient (Wildman–Crippen LogP) is 5.76. The number of aromatic nitrogens is 3. The number of hydrogen-bond acceptors (Lipinski definition) is 8. The number of likely N-dealkylation sites (N-methyl/N-ethyl adjacent to an activating group) is 1. The van der Waals surface area contributed by atoms with E-state index in [2.05, 4.69) is 57.9 Å². The van der Waals surface area contributed by atoms with Crippen LogP contribution in [0.5, 0.6) is 11.8 Å². The van der Waals surface area contributed by atoms with Crippen molar-refractivity contribution >= 4 is 34.2 Å². The predicted molar refractivity (Wildman–Crippen MR) is 140 cm³/mol. The molecule has 0 amide bonds. The van der Waals surface area contributed by atoms with Crippen LogP contribution in [0, 0.1) is 11.6 Å². The molecule has 10 heteroatoms. The maximum Gasteiger partial charge on any atom is 0.326 e. The molecule has 190 valence electrons. The molecule has 1 aliphatic heterocycles. The number of nitrogens with zero attached hydrogens (tertiary/aromatic N) is 5. The van der Waals surface area contributed by atoms with E-state index in [1.807, 2.05) is 19.2 Å². The van der Waals surface area contributed by atoms with Crippen molar-refractivity contribution in [1.82, 2.24) is 19.9 Å². The molecule has 5 rings (SSSR count). The molecule has 1 fully saturated rings. The number of thiazole rings is 1. The topological polar surface area (TPSA) is 66.4 Å². The fourth-order valence-corrected chi connectivity index (χ4v) is 5.14. The zero-order chi connectivity index (χ0) is 25.6. The van der Waals surface area contributed by atoms with E-state index < -0.39 is 17.4 Å². The van der Waals surface area contributed by atoms with Crippen molar-refractivity contribution in [3.63, 3.8) is 0 Å². The van der Waals surface area contributed by atoms with Crippen molar-refractivity contribution < 1.29 is 13.5 Å². The van der Waals surface area contributed by atoms with E-state index in [-0.39, 0.29) is 11.4 Å². The fourth-order valence-electron chi connectivity index (χ4n) is 4.26. The zero-order valence-corrected chi connectivity index (χ0v) is 22.0. The van der Waals surface area contributed by atoms with E-state index in [0.29, 0.717) is 34.3 Å². The lowest BCUT2D eigenvalue weighted by Gasteiger charge is -2.33. The largest absolute Gasteiger partial charge is 0.418 e. The monoisotopic (exact) mass is 512 g/mol. The van der Waals surface area contributed by atoms with Crippen molar-refractivity contribution in [2.45, 2.75) is 39.5 Å². The number of hydrogen-bond donors (Lipinski definition) is 1. The van der Waals surface area contributed by atoms with Crippen LogP contribution in [-0.4, -0.2) is 53.1 Å². The van der Waals surface area contributed by atoms with Gasteiger partial charge in [0.25, 0.3) is 0 Å². The Morgan fingerprint density at radius 1 is 1.08 bits per heavy atom. The van der Waals surface area contributed by atoms with Crippen LogP contribution in [0.15, 0.2) is 23.9 Å². The number of rotatable bonds is 5. The lowest BCUT2D eigenvalue weighted by atomic mass is 9.96. The van der Waals surface area contributed by atoms with Crippen LogP contribution in [0.4, 0.5) is 25.5 Å². The van der Waals surface area contributed by atoms with Gasteiger partial charge in [-0.25, -0.2) is 13.8 Å². The number of nitrogens with one attached hydrogen (secondary N) is 1. The Morgan fingerprint density at radius 2 is 1.83 bits per heavy atom. The minimum absolute atomic E-state index is 0.0298. The molecular formula is C26H30F2N6OS. The standard InChI is InChI=1S/C26H30F2N6OS/c1-15-10-16-12-18(27)23(22(28)17(16)11-15)35-24-30-20(31-25-29-14-19(36-25)26(2,3)4)13-21(32-24)34-8-6-33(5)7-9-34/h11-14H,6-10H2,1-5H3,(H,29,30,31,32). The van der Waals surface area contributed by atoms with Gasteiger partial charge < -0.3 is 19.9 Å². The highest BCUT2D eigenvalue weighted by Crippen LogP contribution is 2.37. The van der Waals surface area contributed by atoms with E-state index >= 15 is 4.39 Å².